The van der Waals surface area contributed by atoms with E-state index >= 15 is 0 Å². The summed E-state index contributed by atoms with van der Waals surface area (Å²) in [5.41, 5.74) is 1.75. The molecule has 1 aromatic rings. The van der Waals surface area contributed by atoms with Gasteiger partial charge in [0.15, 0.2) is 0 Å². The van der Waals surface area contributed by atoms with E-state index in [1.807, 2.05) is 36.4 Å². The molecular weight excluding hydrogens is 252 g/mol. The van der Waals surface area contributed by atoms with Crippen LogP contribution in [0.25, 0.3) is 6.08 Å². The van der Waals surface area contributed by atoms with Gasteiger partial charge in [-0.25, -0.2) is 0 Å². The van der Waals surface area contributed by atoms with Crippen molar-refractivity contribution in [2.45, 2.75) is 32.2 Å². The molecule has 4 nitrogen and oxygen atoms in total. The molecule has 0 saturated heterocycles. The highest BCUT2D eigenvalue weighted by atomic mass is 16.2. The quantitative estimate of drug-likeness (QED) is 0.779. The molecule has 1 aromatic carbocycles. The first-order valence-corrected chi connectivity index (χ1v) is 6.97. The first-order valence-electron chi connectivity index (χ1n) is 6.97. The predicted octanol–water partition coefficient (Wildman–Crippen LogP) is 2.12. The zero-order valence-corrected chi connectivity index (χ0v) is 11.7. The number of amides is 2. The molecule has 1 aliphatic rings. The third-order valence-electron chi connectivity index (χ3n) is 3.08. The average Bonchev–Trinajstić information content (AvgIpc) is 3.22. The Hall–Kier alpha value is -2.10. The molecule has 0 aromatic heterocycles. The Morgan fingerprint density at radius 1 is 1.25 bits per heavy atom. The second kappa shape index (κ2) is 6.89. The molecule has 0 atom stereocenters. The monoisotopic (exact) mass is 272 g/mol. The van der Waals surface area contributed by atoms with Gasteiger partial charge in [0.1, 0.15) is 0 Å². The zero-order chi connectivity index (χ0) is 14.4. The lowest BCUT2D eigenvalue weighted by Gasteiger charge is -2.03. The number of benzene rings is 1. The van der Waals surface area contributed by atoms with Crippen LogP contribution in [0.5, 0.6) is 0 Å². The summed E-state index contributed by atoms with van der Waals surface area (Å²) in [6.45, 7) is 2.16. The van der Waals surface area contributed by atoms with E-state index in [4.69, 9.17) is 0 Å². The molecule has 0 spiro atoms. The molecule has 0 heterocycles. The summed E-state index contributed by atoms with van der Waals surface area (Å²) in [4.78, 5) is 22.5. The van der Waals surface area contributed by atoms with Crippen molar-refractivity contribution in [2.24, 2.45) is 0 Å². The van der Waals surface area contributed by atoms with Crippen LogP contribution >= 0.6 is 0 Å². The van der Waals surface area contributed by atoms with Gasteiger partial charge in [-0.1, -0.05) is 24.3 Å². The lowest BCUT2D eigenvalue weighted by molar-refractivity contribution is -0.118. The number of rotatable bonds is 6. The summed E-state index contributed by atoms with van der Waals surface area (Å²) in [6, 6.07) is 7.92. The van der Waals surface area contributed by atoms with Crippen LogP contribution < -0.4 is 10.6 Å². The van der Waals surface area contributed by atoms with Gasteiger partial charge >= 0.3 is 0 Å². The molecule has 2 N–H and O–H groups in total. The Morgan fingerprint density at radius 3 is 2.55 bits per heavy atom. The molecule has 0 bridgehead atoms. The number of carbonyl (C=O) groups excluding carboxylic acids is 2. The Bertz CT molecular complexity index is 502. The normalized spacial score (nSPS) is 14.2. The van der Waals surface area contributed by atoms with Crippen molar-refractivity contribution in [3.05, 3.63) is 41.5 Å². The van der Waals surface area contributed by atoms with Crippen LogP contribution in [-0.4, -0.2) is 24.4 Å². The molecule has 2 amide bonds. The Labute approximate surface area is 119 Å². The summed E-state index contributed by atoms with van der Waals surface area (Å²) in [7, 11) is 0. The van der Waals surface area contributed by atoms with E-state index < -0.39 is 0 Å². The maximum Gasteiger partial charge on any atom is 0.251 e. The van der Waals surface area contributed by atoms with Crippen LogP contribution in [0.3, 0.4) is 0 Å². The number of carbonyl (C=O) groups is 2. The smallest absolute Gasteiger partial charge is 0.251 e. The largest absolute Gasteiger partial charge is 0.356 e. The summed E-state index contributed by atoms with van der Waals surface area (Å²) in [5.74, 6) is -0.00174. The van der Waals surface area contributed by atoms with Crippen LogP contribution in [0, 0.1) is 0 Å². The fourth-order valence-electron chi connectivity index (χ4n) is 1.79. The fraction of sp³-hybridized carbons (Fsp3) is 0.375. The lowest BCUT2D eigenvalue weighted by Crippen LogP contribution is -2.25. The van der Waals surface area contributed by atoms with E-state index in [0.717, 1.165) is 24.8 Å². The zero-order valence-electron chi connectivity index (χ0n) is 11.7. The van der Waals surface area contributed by atoms with Crippen molar-refractivity contribution < 1.29 is 9.59 Å². The topological polar surface area (TPSA) is 58.2 Å². The highest BCUT2D eigenvalue weighted by Crippen LogP contribution is 2.19. The fourth-order valence-corrected chi connectivity index (χ4v) is 1.79. The minimum absolute atomic E-state index is 0.00804. The predicted molar refractivity (Wildman–Crippen MR) is 79.3 cm³/mol. The van der Waals surface area contributed by atoms with Crippen LogP contribution in [0.4, 0.5) is 0 Å². The summed E-state index contributed by atoms with van der Waals surface area (Å²) < 4.78 is 0. The van der Waals surface area contributed by atoms with Gasteiger partial charge in [-0.05, 0) is 37.0 Å². The molecule has 0 unspecified atom stereocenters. The van der Waals surface area contributed by atoms with E-state index in [1.165, 1.54) is 6.92 Å². The average molecular weight is 272 g/mol. The Kier molecular flexibility index (Phi) is 4.93. The van der Waals surface area contributed by atoms with Gasteiger partial charge in [-0.3, -0.25) is 9.59 Å². The van der Waals surface area contributed by atoms with E-state index in [9.17, 15) is 9.59 Å². The van der Waals surface area contributed by atoms with Gasteiger partial charge < -0.3 is 10.6 Å². The van der Waals surface area contributed by atoms with Gasteiger partial charge in [0.25, 0.3) is 5.91 Å². The molecule has 106 valence electrons. The van der Waals surface area contributed by atoms with Gasteiger partial charge in [-0.15, -0.1) is 0 Å². The van der Waals surface area contributed by atoms with E-state index in [2.05, 4.69) is 10.6 Å². The lowest BCUT2D eigenvalue weighted by atomic mass is 10.1. The molecule has 1 fully saturated rings. The molecule has 1 aliphatic carbocycles. The molecule has 1 saturated carbocycles. The van der Waals surface area contributed by atoms with Crippen molar-refractivity contribution in [1.29, 1.82) is 0 Å². The Balaban J connectivity index is 1.79. The van der Waals surface area contributed by atoms with E-state index in [-0.39, 0.29) is 11.8 Å². The maximum atomic E-state index is 11.8. The summed E-state index contributed by atoms with van der Waals surface area (Å²) in [6.07, 6.45) is 6.99. The van der Waals surface area contributed by atoms with Crippen molar-refractivity contribution in [3.63, 3.8) is 0 Å². The van der Waals surface area contributed by atoms with Crippen molar-refractivity contribution >= 4 is 17.9 Å². The second-order valence-electron chi connectivity index (χ2n) is 5.04. The van der Waals surface area contributed by atoms with Crippen molar-refractivity contribution in [1.82, 2.24) is 10.6 Å². The second-order valence-corrected chi connectivity index (χ2v) is 5.04. The molecular formula is C16H20N2O2. The third kappa shape index (κ3) is 4.88. The molecule has 20 heavy (non-hydrogen) atoms. The first kappa shape index (κ1) is 14.3. The number of hydrogen-bond acceptors (Lipinski definition) is 2. The molecule has 2 rings (SSSR count). The summed E-state index contributed by atoms with van der Waals surface area (Å²) >= 11 is 0. The van der Waals surface area contributed by atoms with Gasteiger partial charge in [0.2, 0.25) is 5.91 Å². The highest BCUT2D eigenvalue weighted by Gasteiger charge is 2.23. The maximum absolute atomic E-state index is 11.8. The minimum atomic E-state index is -0.00979. The van der Waals surface area contributed by atoms with Crippen LogP contribution in [0.15, 0.2) is 30.3 Å². The molecule has 0 aliphatic heterocycles. The minimum Gasteiger partial charge on any atom is -0.356 e. The first-order chi connectivity index (χ1) is 9.65. The van der Waals surface area contributed by atoms with E-state index in [1.54, 1.807) is 0 Å². The van der Waals surface area contributed by atoms with Crippen LogP contribution in [0.1, 0.15) is 42.1 Å². The van der Waals surface area contributed by atoms with Crippen LogP contribution in [0.2, 0.25) is 0 Å². The summed E-state index contributed by atoms with van der Waals surface area (Å²) in [5, 5.41) is 5.70. The van der Waals surface area contributed by atoms with Crippen molar-refractivity contribution in [2.75, 3.05) is 6.54 Å². The highest BCUT2D eigenvalue weighted by molar-refractivity contribution is 5.94. The number of nitrogens with one attached hydrogen (secondary N) is 2. The van der Waals surface area contributed by atoms with E-state index in [0.29, 0.717) is 18.2 Å². The van der Waals surface area contributed by atoms with Gasteiger partial charge in [0, 0.05) is 25.1 Å². The molecule has 0 radical (unpaired) electrons. The standard InChI is InChI=1S/C16H20N2O2/c1-12(19)17-11-3-2-4-13-5-7-14(8-6-13)16(20)18-15-9-10-15/h2,4-8,15H,3,9-11H2,1H3,(H,17,19)(H,18,20). The van der Waals surface area contributed by atoms with Crippen molar-refractivity contribution in [3.8, 4) is 0 Å². The Morgan fingerprint density at radius 2 is 1.95 bits per heavy atom. The van der Waals surface area contributed by atoms with Gasteiger partial charge in [-0.2, -0.15) is 0 Å². The molecule has 4 heteroatoms. The number of hydrogen-bond donors (Lipinski definition) is 2. The third-order valence-corrected chi connectivity index (χ3v) is 3.08. The SMILES string of the molecule is CC(=O)NCCC=Cc1ccc(C(=O)NC2CC2)cc1. The van der Waals surface area contributed by atoms with Gasteiger partial charge in [0.05, 0.1) is 0 Å². The van der Waals surface area contributed by atoms with Crippen LogP contribution in [-0.2, 0) is 4.79 Å².